The van der Waals surface area contributed by atoms with Gasteiger partial charge in [-0.05, 0) is 68.6 Å². The maximum Gasteiger partial charge on any atom is 0.410 e. The normalized spacial score (nSPS) is 43.7. The largest absolute Gasteiger partial charge is 0.442 e. The molecular weight excluding hydrogens is 274 g/mol. The number of hydrogen-bond acceptors (Lipinski definition) is 2. The number of carbonyl (C=O) groups excluding carboxylic acids is 1. The van der Waals surface area contributed by atoms with Crippen molar-refractivity contribution in [2.75, 3.05) is 13.1 Å². The van der Waals surface area contributed by atoms with Crippen molar-refractivity contribution in [1.82, 2.24) is 4.90 Å². The monoisotopic (exact) mass is 305 g/mol. The van der Waals surface area contributed by atoms with Crippen LogP contribution in [0.4, 0.5) is 4.79 Å². The molecule has 0 aromatic rings. The molecule has 0 aromatic heterocycles. The number of piperidine rings is 1. The summed E-state index contributed by atoms with van der Waals surface area (Å²) in [6.45, 7) is 6.34. The van der Waals surface area contributed by atoms with Crippen LogP contribution >= 0.6 is 0 Å². The van der Waals surface area contributed by atoms with E-state index in [0.717, 1.165) is 50.1 Å². The molecule has 2 bridgehead atoms. The maximum atomic E-state index is 12.7. The molecule has 5 atom stereocenters. The molecule has 1 heterocycles. The van der Waals surface area contributed by atoms with Crippen LogP contribution in [0.3, 0.4) is 0 Å². The molecule has 3 nitrogen and oxygen atoms in total. The lowest BCUT2D eigenvalue weighted by atomic mass is 9.68. The predicted octanol–water partition coefficient (Wildman–Crippen LogP) is 4.46. The van der Waals surface area contributed by atoms with Gasteiger partial charge in [0.2, 0.25) is 0 Å². The Morgan fingerprint density at radius 2 is 1.82 bits per heavy atom. The van der Waals surface area contributed by atoms with E-state index in [1.165, 1.54) is 32.1 Å². The molecule has 0 radical (unpaired) electrons. The molecule has 5 unspecified atom stereocenters. The average Bonchev–Trinajstić information content (AvgIpc) is 3.19. The number of amides is 1. The number of likely N-dealkylation sites (tertiary alicyclic amines) is 1. The second kappa shape index (κ2) is 5.42. The van der Waals surface area contributed by atoms with Crippen molar-refractivity contribution in [2.45, 2.75) is 70.8 Å². The lowest BCUT2D eigenvalue weighted by Crippen LogP contribution is -2.51. The highest BCUT2D eigenvalue weighted by molar-refractivity contribution is 5.68. The molecule has 0 N–H and O–H groups in total. The maximum absolute atomic E-state index is 12.7. The summed E-state index contributed by atoms with van der Waals surface area (Å²) in [5, 5.41) is 0. The Morgan fingerprint density at radius 1 is 1.09 bits per heavy atom. The zero-order chi connectivity index (χ0) is 15.3. The van der Waals surface area contributed by atoms with Gasteiger partial charge in [-0.25, -0.2) is 4.79 Å². The molecule has 4 aliphatic rings. The fourth-order valence-corrected chi connectivity index (χ4v) is 6.34. The molecule has 1 aliphatic heterocycles. The van der Waals surface area contributed by atoms with E-state index in [9.17, 15) is 4.79 Å². The van der Waals surface area contributed by atoms with Crippen LogP contribution in [0.25, 0.3) is 0 Å². The standard InChI is InChI=1S/C19H31NO2/c1-13(2)19(22-18(21)20-9-4-3-5-10-20)12-14-11-17(19)16-8-6-7-15(14)16/h13-17H,3-12H2,1-2H3. The molecule has 0 aromatic carbocycles. The van der Waals surface area contributed by atoms with E-state index >= 15 is 0 Å². The SMILES string of the molecule is CC(C)C1(OC(=O)N2CCCCC2)CC2CC1C1CCCC21. The Hall–Kier alpha value is -0.730. The first-order valence-corrected chi connectivity index (χ1v) is 9.60. The van der Waals surface area contributed by atoms with Crippen LogP contribution in [-0.4, -0.2) is 29.7 Å². The van der Waals surface area contributed by atoms with E-state index in [1.54, 1.807) is 0 Å². The van der Waals surface area contributed by atoms with Crippen LogP contribution in [0.2, 0.25) is 0 Å². The van der Waals surface area contributed by atoms with E-state index in [0.29, 0.717) is 11.8 Å². The van der Waals surface area contributed by atoms with Crippen molar-refractivity contribution >= 4 is 6.09 Å². The molecule has 3 aliphatic carbocycles. The zero-order valence-electron chi connectivity index (χ0n) is 14.2. The predicted molar refractivity (Wildman–Crippen MR) is 86.5 cm³/mol. The van der Waals surface area contributed by atoms with Crippen LogP contribution in [0.5, 0.6) is 0 Å². The van der Waals surface area contributed by atoms with E-state index in [4.69, 9.17) is 4.74 Å². The second-order valence-electron chi connectivity index (χ2n) is 8.59. The summed E-state index contributed by atoms with van der Waals surface area (Å²) in [6.07, 6.45) is 10.2. The number of ether oxygens (including phenoxy) is 1. The first kappa shape index (κ1) is 14.8. The third kappa shape index (κ3) is 2.11. The Kier molecular flexibility index (Phi) is 3.65. The molecule has 22 heavy (non-hydrogen) atoms. The Morgan fingerprint density at radius 3 is 2.55 bits per heavy atom. The van der Waals surface area contributed by atoms with E-state index < -0.39 is 0 Å². The van der Waals surface area contributed by atoms with Crippen molar-refractivity contribution in [3.05, 3.63) is 0 Å². The number of carbonyl (C=O) groups is 1. The van der Waals surface area contributed by atoms with Crippen molar-refractivity contribution in [3.8, 4) is 0 Å². The molecule has 3 saturated carbocycles. The van der Waals surface area contributed by atoms with Crippen LogP contribution in [0.1, 0.15) is 65.2 Å². The van der Waals surface area contributed by atoms with Gasteiger partial charge in [0.15, 0.2) is 0 Å². The molecule has 124 valence electrons. The van der Waals surface area contributed by atoms with Gasteiger partial charge in [0.25, 0.3) is 0 Å². The second-order valence-corrected chi connectivity index (χ2v) is 8.59. The summed E-state index contributed by atoms with van der Waals surface area (Å²) in [6, 6.07) is 0. The smallest absolute Gasteiger partial charge is 0.410 e. The third-order valence-electron chi connectivity index (χ3n) is 7.38. The van der Waals surface area contributed by atoms with Gasteiger partial charge in [0, 0.05) is 19.0 Å². The van der Waals surface area contributed by atoms with Crippen LogP contribution in [0, 0.1) is 29.6 Å². The Bertz CT molecular complexity index is 443. The molecule has 0 spiro atoms. The van der Waals surface area contributed by atoms with Gasteiger partial charge in [-0.2, -0.15) is 0 Å². The van der Waals surface area contributed by atoms with Gasteiger partial charge in [-0.3, -0.25) is 0 Å². The molecule has 1 amide bonds. The average molecular weight is 305 g/mol. The fraction of sp³-hybridized carbons (Fsp3) is 0.947. The zero-order valence-corrected chi connectivity index (χ0v) is 14.2. The van der Waals surface area contributed by atoms with Crippen LogP contribution in [-0.2, 0) is 4.74 Å². The van der Waals surface area contributed by atoms with Gasteiger partial charge in [-0.1, -0.05) is 20.3 Å². The first-order valence-electron chi connectivity index (χ1n) is 9.60. The van der Waals surface area contributed by atoms with Gasteiger partial charge in [-0.15, -0.1) is 0 Å². The summed E-state index contributed by atoms with van der Waals surface area (Å²) < 4.78 is 6.33. The van der Waals surface area contributed by atoms with Crippen molar-refractivity contribution < 1.29 is 9.53 Å². The van der Waals surface area contributed by atoms with E-state index in [-0.39, 0.29) is 11.7 Å². The van der Waals surface area contributed by atoms with Gasteiger partial charge < -0.3 is 9.64 Å². The van der Waals surface area contributed by atoms with Crippen LogP contribution in [0.15, 0.2) is 0 Å². The van der Waals surface area contributed by atoms with E-state index in [2.05, 4.69) is 13.8 Å². The summed E-state index contributed by atoms with van der Waals surface area (Å²) in [4.78, 5) is 14.7. The number of hydrogen-bond donors (Lipinski definition) is 0. The minimum Gasteiger partial charge on any atom is -0.442 e. The molecule has 4 rings (SSSR count). The van der Waals surface area contributed by atoms with E-state index in [1.807, 2.05) is 4.90 Å². The molecule has 1 saturated heterocycles. The molecule has 4 fully saturated rings. The first-order chi connectivity index (χ1) is 10.6. The number of fused-ring (bicyclic) bond motifs is 5. The van der Waals surface area contributed by atoms with Gasteiger partial charge >= 0.3 is 6.09 Å². The third-order valence-corrected chi connectivity index (χ3v) is 7.38. The summed E-state index contributed by atoms with van der Waals surface area (Å²) in [7, 11) is 0. The van der Waals surface area contributed by atoms with Gasteiger partial charge in [0.1, 0.15) is 5.60 Å². The summed E-state index contributed by atoms with van der Waals surface area (Å²) in [5.41, 5.74) is -0.162. The fourth-order valence-electron chi connectivity index (χ4n) is 6.34. The Labute approximate surface area is 134 Å². The van der Waals surface area contributed by atoms with Crippen LogP contribution < -0.4 is 0 Å². The van der Waals surface area contributed by atoms with Crippen molar-refractivity contribution in [3.63, 3.8) is 0 Å². The van der Waals surface area contributed by atoms with Crippen molar-refractivity contribution in [1.29, 1.82) is 0 Å². The minimum atomic E-state index is -0.162. The quantitative estimate of drug-likeness (QED) is 0.754. The van der Waals surface area contributed by atoms with Gasteiger partial charge in [0.05, 0.1) is 0 Å². The van der Waals surface area contributed by atoms with Crippen molar-refractivity contribution in [2.24, 2.45) is 29.6 Å². The number of nitrogens with zero attached hydrogens (tertiary/aromatic N) is 1. The molecule has 3 heteroatoms. The highest BCUT2D eigenvalue weighted by atomic mass is 16.6. The lowest BCUT2D eigenvalue weighted by Gasteiger charge is -2.46. The highest BCUT2D eigenvalue weighted by Gasteiger charge is 2.64. The summed E-state index contributed by atoms with van der Waals surface area (Å²) >= 11 is 0. The molecular formula is C19H31NO2. The lowest BCUT2D eigenvalue weighted by molar-refractivity contribution is -0.0989. The summed E-state index contributed by atoms with van der Waals surface area (Å²) in [5.74, 6) is 3.70. The topological polar surface area (TPSA) is 29.5 Å². The number of rotatable bonds is 2. The highest BCUT2D eigenvalue weighted by Crippen LogP contribution is 2.65. The Balaban J connectivity index is 1.53. The minimum absolute atomic E-state index is 0.0181.